The Morgan fingerprint density at radius 1 is 1.62 bits per heavy atom. The molecule has 1 aromatic rings. The zero-order valence-corrected chi connectivity index (χ0v) is 10.4. The number of aryl methyl sites for hydroxylation is 1. The quantitative estimate of drug-likeness (QED) is 0.682. The molecule has 0 bridgehead atoms. The lowest BCUT2D eigenvalue weighted by molar-refractivity contribution is 0.568. The number of hydrogen-bond donors (Lipinski definition) is 2. The first-order chi connectivity index (χ1) is 7.42. The van der Waals surface area contributed by atoms with Crippen LogP contribution >= 0.6 is 0 Å². The van der Waals surface area contributed by atoms with Gasteiger partial charge in [0.15, 0.2) is 0 Å². The molecule has 1 atom stereocenters. The molecule has 1 aromatic heterocycles. The average Bonchev–Trinajstić information content (AvgIpc) is 2.60. The predicted octanol–water partition coefficient (Wildman–Crippen LogP) is -0.174. The molecule has 0 spiro atoms. The summed E-state index contributed by atoms with van der Waals surface area (Å²) in [5.74, 6) is 0. The van der Waals surface area contributed by atoms with E-state index in [4.69, 9.17) is 5.73 Å². The molecule has 3 N–H and O–H groups in total. The van der Waals surface area contributed by atoms with E-state index in [0.29, 0.717) is 6.54 Å². The summed E-state index contributed by atoms with van der Waals surface area (Å²) in [5.41, 5.74) is 5.57. The van der Waals surface area contributed by atoms with Gasteiger partial charge in [-0.05, 0) is 19.8 Å². The molecule has 92 valence electrons. The van der Waals surface area contributed by atoms with E-state index < -0.39 is 10.0 Å². The standard InChI is InChI=1S/C9H18N4O2S/c1-8(10)4-3-5-12-16(14,15)9-6-11-13(2)7-9/h6-8,12H,3-5,10H2,1-2H3. The summed E-state index contributed by atoms with van der Waals surface area (Å²) in [6, 6.07) is 0.0999. The van der Waals surface area contributed by atoms with Gasteiger partial charge in [-0.3, -0.25) is 4.68 Å². The smallest absolute Gasteiger partial charge is 0.243 e. The number of hydrogen-bond acceptors (Lipinski definition) is 4. The first kappa shape index (κ1) is 13.1. The molecule has 6 nitrogen and oxygen atoms in total. The third-order valence-electron chi connectivity index (χ3n) is 2.12. The Hall–Kier alpha value is -0.920. The summed E-state index contributed by atoms with van der Waals surface area (Å²) >= 11 is 0. The van der Waals surface area contributed by atoms with Crippen molar-refractivity contribution < 1.29 is 8.42 Å². The third kappa shape index (κ3) is 3.92. The van der Waals surface area contributed by atoms with Gasteiger partial charge in [0.1, 0.15) is 4.90 Å². The van der Waals surface area contributed by atoms with Crippen LogP contribution < -0.4 is 10.5 Å². The number of rotatable bonds is 6. The van der Waals surface area contributed by atoms with E-state index in [2.05, 4.69) is 9.82 Å². The molecule has 16 heavy (non-hydrogen) atoms. The van der Waals surface area contributed by atoms with Crippen LogP contribution in [0.4, 0.5) is 0 Å². The predicted molar refractivity (Wildman–Crippen MR) is 61.3 cm³/mol. The van der Waals surface area contributed by atoms with Crippen molar-refractivity contribution in [3.05, 3.63) is 12.4 Å². The minimum absolute atomic E-state index is 0.0999. The molecule has 7 heteroatoms. The van der Waals surface area contributed by atoms with Gasteiger partial charge in [-0.15, -0.1) is 0 Å². The Bertz CT molecular complexity index is 424. The van der Waals surface area contributed by atoms with Crippen LogP contribution in [0.15, 0.2) is 17.3 Å². The maximum absolute atomic E-state index is 11.7. The molecule has 0 saturated heterocycles. The molecule has 1 unspecified atom stereocenters. The largest absolute Gasteiger partial charge is 0.328 e. The summed E-state index contributed by atoms with van der Waals surface area (Å²) in [6.07, 6.45) is 4.33. The van der Waals surface area contributed by atoms with E-state index in [1.54, 1.807) is 7.05 Å². The number of nitrogens with zero attached hydrogens (tertiary/aromatic N) is 2. The summed E-state index contributed by atoms with van der Waals surface area (Å²) in [5, 5.41) is 3.82. The Morgan fingerprint density at radius 2 is 2.31 bits per heavy atom. The Balaban J connectivity index is 2.47. The highest BCUT2D eigenvalue weighted by atomic mass is 32.2. The van der Waals surface area contributed by atoms with E-state index in [9.17, 15) is 8.42 Å². The molecule has 1 heterocycles. The van der Waals surface area contributed by atoms with Crippen molar-refractivity contribution in [3.8, 4) is 0 Å². The number of nitrogens with one attached hydrogen (secondary N) is 1. The molecular weight excluding hydrogens is 228 g/mol. The molecule has 0 saturated carbocycles. The van der Waals surface area contributed by atoms with Gasteiger partial charge in [0.05, 0.1) is 6.20 Å². The monoisotopic (exact) mass is 246 g/mol. The molecule has 0 fully saturated rings. The van der Waals surface area contributed by atoms with Gasteiger partial charge < -0.3 is 5.73 Å². The zero-order chi connectivity index (χ0) is 12.2. The highest BCUT2D eigenvalue weighted by Gasteiger charge is 2.14. The van der Waals surface area contributed by atoms with Gasteiger partial charge in [-0.1, -0.05) is 0 Å². The van der Waals surface area contributed by atoms with E-state index in [-0.39, 0.29) is 10.9 Å². The third-order valence-corrected chi connectivity index (χ3v) is 3.54. The summed E-state index contributed by atoms with van der Waals surface area (Å²) < 4.78 is 27.4. The fourth-order valence-electron chi connectivity index (χ4n) is 1.25. The second kappa shape index (κ2) is 5.42. The van der Waals surface area contributed by atoms with Crippen LogP contribution in [0.25, 0.3) is 0 Å². The van der Waals surface area contributed by atoms with Gasteiger partial charge in [0.25, 0.3) is 0 Å². The van der Waals surface area contributed by atoms with Crippen LogP contribution in [0.1, 0.15) is 19.8 Å². The zero-order valence-electron chi connectivity index (χ0n) is 9.55. The maximum atomic E-state index is 11.7. The van der Waals surface area contributed by atoms with Crippen molar-refractivity contribution >= 4 is 10.0 Å². The van der Waals surface area contributed by atoms with Crippen molar-refractivity contribution in [2.24, 2.45) is 12.8 Å². The highest BCUT2D eigenvalue weighted by molar-refractivity contribution is 7.89. The van der Waals surface area contributed by atoms with Crippen LogP contribution in [0.3, 0.4) is 0 Å². The topological polar surface area (TPSA) is 90.0 Å². The van der Waals surface area contributed by atoms with E-state index in [0.717, 1.165) is 12.8 Å². The van der Waals surface area contributed by atoms with Gasteiger partial charge in [0, 0.05) is 25.8 Å². The van der Waals surface area contributed by atoms with Crippen LogP contribution in [-0.2, 0) is 17.1 Å². The molecular formula is C9H18N4O2S. The second-order valence-electron chi connectivity index (χ2n) is 3.87. The fraction of sp³-hybridized carbons (Fsp3) is 0.667. The SMILES string of the molecule is CC(N)CCCNS(=O)(=O)c1cnn(C)c1. The lowest BCUT2D eigenvalue weighted by Gasteiger charge is -2.06. The summed E-state index contributed by atoms with van der Waals surface area (Å²) in [7, 11) is -1.74. The van der Waals surface area contributed by atoms with Crippen molar-refractivity contribution in [1.82, 2.24) is 14.5 Å². The van der Waals surface area contributed by atoms with Gasteiger partial charge in [-0.2, -0.15) is 5.10 Å². The van der Waals surface area contributed by atoms with Crippen molar-refractivity contribution in [2.45, 2.75) is 30.7 Å². The number of aromatic nitrogens is 2. The molecule has 0 aliphatic carbocycles. The molecule has 0 amide bonds. The normalized spacial score (nSPS) is 13.9. The molecule has 0 aliphatic heterocycles. The van der Waals surface area contributed by atoms with Crippen LogP contribution in [0, 0.1) is 0 Å². The Kier molecular flexibility index (Phi) is 4.45. The second-order valence-corrected chi connectivity index (χ2v) is 5.63. The van der Waals surface area contributed by atoms with Crippen molar-refractivity contribution in [2.75, 3.05) is 6.54 Å². The lowest BCUT2D eigenvalue weighted by atomic mass is 10.2. The van der Waals surface area contributed by atoms with Crippen LogP contribution in [0.5, 0.6) is 0 Å². The number of nitrogens with two attached hydrogens (primary N) is 1. The van der Waals surface area contributed by atoms with Crippen LogP contribution in [-0.4, -0.2) is 30.8 Å². The summed E-state index contributed by atoms with van der Waals surface area (Å²) in [6.45, 7) is 2.30. The molecule has 0 aliphatic rings. The first-order valence-corrected chi connectivity index (χ1v) is 6.64. The van der Waals surface area contributed by atoms with Crippen molar-refractivity contribution in [3.63, 3.8) is 0 Å². The van der Waals surface area contributed by atoms with Crippen LogP contribution in [0.2, 0.25) is 0 Å². The molecule has 1 rings (SSSR count). The molecule has 0 radical (unpaired) electrons. The van der Waals surface area contributed by atoms with Gasteiger partial charge in [-0.25, -0.2) is 13.1 Å². The maximum Gasteiger partial charge on any atom is 0.243 e. The Morgan fingerprint density at radius 3 is 2.81 bits per heavy atom. The minimum Gasteiger partial charge on any atom is -0.328 e. The summed E-state index contributed by atoms with van der Waals surface area (Å²) in [4.78, 5) is 0.191. The van der Waals surface area contributed by atoms with E-state index in [1.807, 2.05) is 6.92 Å². The first-order valence-electron chi connectivity index (χ1n) is 5.16. The number of sulfonamides is 1. The van der Waals surface area contributed by atoms with Gasteiger partial charge in [0.2, 0.25) is 10.0 Å². The van der Waals surface area contributed by atoms with E-state index in [1.165, 1.54) is 17.1 Å². The van der Waals surface area contributed by atoms with Gasteiger partial charge >= 0.3 is 0 Å². The lowest BCUT2D eigenvalue weighted by Crippen LogP contribution is -2.26. The minimum atomic E-state index is -3.41. The fourth-order valence-corrected chi connectivity index (χ4v) is 2.31. The average molecular weight is 246 g/mol. The van der Waals surface area contributed by atoms with Crippen molar-refractivity contribution in [1.29, 1.82) is 0 Å². The molecule has 0 aromatic carbocycles. The van der Waals surface area contributed by atoms with E-state index >= 15 is 0 Å². The highest BCUT2D eigenvalue weighted by Crippen LogP contribution is 2.05. The Labute approximate surface area is 95.9 Å².